The zero-order valence-corrected chi connectivity index (χ0v) is 16.5. The molecule has 0 spiro atoms. The molecule has 10 heteroatoms. The molecular formula is C17H20N6O2S2. The van der Waals surface area contributed by atoms with Crippen molar-refractivity contribution in [1.29, 1.82) is 0 Å². The van der Waals surface area contributed by atoms with E-state index in [0.29, 0.717) is 28.9 Å². The van der Waals surface area contributed by atoms with Crippen LogP contribution in [0.1, 0.15) is 19.3 Å². The molecule has 0 aliphatic carbocycles. The molecule has 27 heavy (non-hydrogen) atoms. The largest absolute Gasteiger partial charge is 0.309 e. The Hall–Kier alpha value is -2.30. The Morgan fingerprint density at radius 2 is 1.89 bits per heavy atom. The highest BCUT2D eigenvalue weighted by molar-refractivity contribution is 7.91. The second-order valence-corrected chi connectivity index (χ2v) is 9.56. The van der Waals surface area contributed by atoms with Gasteiger partial charge in [0.05, 0.1) is 16.8 Å². The average Bonchev–Trinajstić information content (AvgIpc) is 3.33. The number of aryl methyl sites for hydroxylation is 1. The second kappa shape index (κ2) is 7.37. The maximum Gasteiger partial charge on any atom is 0.252 e. The highest BCUT2D eigenvalue weighted by atomic mass is 32.2. The van der Waals surface area contributed by atoms with Gasteiger partial charge in [-0.3, -0.25) is 4.68 Å². The van der Waals surface area contributed by atoms with Crippen LogP contribution in [0.15, 0.2) is 40.9 Å². The van der Waals surface area contributed by atoms with Gasteiger partial charge in [0.15, 0.2) is 0 Å². The molecule has 8 nitrogen and oxygen atoms in total. The van der Waals surface area contributed by atoms with Crippen molar-refractivity contribution < 1.29 is 8.42 Å². The number of aromatic nitrogens is 4. The van der Waals surface area contributed by atoms with Gasteiger partial charge in [0.2, 0.25) is 5.95 Å². The minimum Gasteiger partial charge on any atom is -0.309 e. The first-order valence-corrected chi connectivity index (χ1v) is 11.0. The first-order chi connectivity index (χ1) is 13.0. The lowest BCUT2D eigenvalue weighted by atomic mass is 10.2. The number of sulfonamides is 1. The minimum absolute atomic E-state index is 0.360. The molecule has 1 saturated heterocycles. The van der Waals surface area contributed by atoms with Crippen molar-refractivity contribution >= 4 is 33.1 Å². The van der Waals surface area contributed by atoms with E-state index in [9.17, 15) is 8.42 Å². The van der Waals surface area contributed by atoms with Gasteiger partial charge in [0.1, 0.15) is 10.0 Å². The molecule has 0 aromatic carbocycles. The Balaban J connectivity index is 1.58. The van der Waals surface area contributed by atoms with Crippen molar-refractivity contribution in [2.24, 2.45) is 7.05 Å². The SMILES string of the molecule is Cn1nccc1Nc1nccc(-c2ccc(S(=O)(=O)N3CCCCC3)s2)n1. The van der Waals surface area contributed by atoms with Crippen molar-refractivity contribution in [3.05, 3.63) is 36.7 Å². The first-order valence-electron chi connectivity index (χ1n) is 8.72. The molecule has 0 amide bonds. The summed E-state index contributed by atoms with van der Waals surface area (Å²) in [7, 11) is -1.60. The number of hydrogen-bond donors (Lipinski definition) is 1. The fraction of sp³-hybridized carbons (Fsp3) is 0.353. The fourth-order valence-corrected chi connectivity index (χ4v) is 5.94. The van der Waals surface area contributed by atoms with E-state index in [-0.39, 0.29) is 0 Å². The van der Waals surface area contributed by atoms with Crippen LogP contribution < -0.4 is 5.32 Å². The van der Waals surface area contributed by atoms with E-state index >= 15 is 0 Å². The van der Waals surface area contributed by atoms with E-state index in [4.69, 9.17) is 0 Å². The third-order valence-electron chi connectivity index (χ3n) is 4.46. The van der Waals surface area contributed by atoms with Crippen molar-refractivity contribution in [2.75, 3.05) is 18.4 Å². The number of thiophene rings is 1. The van der Waals surface area contributed by atoms with Gasteiger partial charge in [-0.1, -0.05) is 6.42 Å². The van der Waals surface area contributed by atoms with Crippen LogP contribution in [0.4, 0.5) is 11.8 Å². The summed E-state index contributed by atoms with van der Waals surface area (Å²) in [6.07, 6.45) is 6.27. The summed E-state index contributed by atoms with van der Waals surface area (Å²) in [6, 6.07) is 7.07. The van der Waals surface area contributed by atoms with Crippen LogP contribution in [-0.4, -0.2) is 45.6 Å². The molecule has 4 heterocycles. The van der Waals surface area contributed by atoms with E-state index < -0.39 is 10.0 Å². The van der Waals surface area contributed by atoms with Crippen LogP contribution in [0.5, 0.6) is 0 Å². The third kappa shape index (κ3) is 3.73. The van der Waals surface area contributed by atoms with E-state index in [1.165, 1.54) is 11.3 Å². The highest BCUT2D eigenvalue weighted by Crippen LogP contribution is 2.32. The average molecular weight is 405 g/mol. The molecule has 0 radical (unpaired) electrons. The molecule has 3 aromatic rings. The standard InChI is InChI=1S/C17H20N6O2S2/c1-22-15(8-10-19-22)21-17-18-9-7-13(20-17)14-5-6-16(26-14)27(24,25)23-11-3-2-4-12-23/h5-10H,2-4,11-12H2,1H3,(H,18,20,21). The molecule has 0 bridgehead atoms. The summed E-state index contributed by atoms with van der Waals surface area (Å²) in [5.41, 5.74) is 0.680. The Morgan fingerprint density at radius 1 is 1.07 bits per heavy atom. The Bertz CT molecular complexity index is 1040. The van der Waals surface area contributed by atoms with Gasteiger partial charge in [0.25, 0.3) is 10.0 Å². The third-order valence-corrected chi connectivity index (χ3v) is 7.93. The van der Waals surface area contributed by atoms with E-state index in [1.807, 2.05) is 13.1 Å². The first kappa shape index (κ1) is 18.1. The van der Waals surface area contributed by atoms with Gasteiger partial charge in [-0.2, -0.15) is 9.40 Å². The molecule has 0 atom stereocenters. The van der Waals surface area contributed by atoms with E-state index in [2.05, 4.69) is 20.4 Å². The molecule has 1 fully saturated rings. The van der Waals surface area contributed by atoms with Gasteiger partial charge in [-0.05, 0) is 31.0 Å². The van der Waals surface area contributed by atoms with Gasteiger partial charge in [0, 0.05) is 32.4 Å². The fourth-order valence-electron chi connectivity index (χ4n) is 3.00. The van der Waals surface area contributed by atoms with Gasteiger partial charge >= 0.3 is 0 Å². The Morgan fingerprint density at radius 3 is 2.63 bits per heavy atom. The molecule has 1 aliphatic heterocycles. The van der Waals surface area contributed by atoms with Crippen LogP contribution in [-0.2, 0) is 17.1 Å². The van der Waals surface area contributed by atoms with Crippen molar-refractivity contribution in [2.45, 2.75) is 23.5 Å². The number of anilines is 2. The van der Waals surface area contributed by atoms with E-state index in [0.717, 1.165) is 30.0 Å². The van der Waals surface area contributed by atoms with Crippen LogP contribution in [0.25, 0.3) is 10.6 Å². The number of rotatable bonds is 5. The molecule has 142 valence electrons. The number of piperidine rings is 1. The van der Waals surface area contributed by atoms with Crippen molar-refractivity contribution in [1.82, 2.24) is 24.1 Å². The summed E-state index contributed by atoms with van der Waals surface area (Å²) >= 11 is 1.24. The summed E-state index contributed by atoms with van der Waals surface area (Å²) < 4.78 is 29.3. The summed E-state index contributed by atoms with van der Waals surface area (Å²) in [4.78, 5) is 9.52. The lowest BCUT2D eigenvalue weighted by Crippen LogP contribution is -2.35. The van der Waals surface area contributed by atoms with Crippen LogP contribution >= 0.6 is 11.3 Å². The van der Waals surface area contributed by atoms with Crippen molar-refractivity contribution in [3.63, 3.8) is 0 Å². The van der Waals surface area contributed by atoms with Gasteiger partial charge < -0.3 is 5.32 Å². The monoisotopic (exact) mass is 404 g/mol. The lowest BCUT2D eigenvalue weighted by molar-refractivity contribution is 0.347. The molecule has 3 aromatic heterocycles. The highest BCUT2D eigenvalue weighted by Gasteiger charge is 2.27. The zero-order valence-electron chi connectivity index (χ0n) is 14.9. The molecule has 1 aliphatic rings. The second-order valence-electron chi connectivity index (χ2n) is 6.31. The number of hydrogen-bond acceptors (Lipinski definition) is 7. The molecular weight excluding hydrogens is 384 g/mol. The van der Waals surface area contributed by atoms with Crippen LogP contribution in [0.3, 0.4) is 0 Å². The maximum atomic E-state index is 12.8. The van der Waals surface area contributed by atoms with Crippen LogP contribution in [0.2, 0.25) is 0 Å². The molecule has 1 N–H and O–H groups in total. The zero-order chi connectivity index (χ0) is 18.9. The summed E-state index contributed by atoms with van der Waals surface area (Å²) in [5, 5.41) is 7.20. The number of nitrogens with one attached hydrogen (secondary N) is 1. The predicted molar refractivity (Wildman–Crippen MR) is 104 cm³/mol. The van der Waals surface area contributed by atoms with Crippen LogP contribution in [0, 0.1) is 0 Å². The molecule has 0 unspecified atom stereocenters. The predicted octanol–water partition coefficient (Wildman–Crippen LogP) is 2.86. The Kier molecular flexibility index (Phi) is 4.94. The molecule has 0 saturated carbocycles. The Labute approximate surface area is 161 Å². The van der Waals surface area contributed by atoms with Gasteiger partial charge in [-0.25, -0.2) is 18.4 Å². The number of nitrogens with zero attached hydrogens (tertiary/aromatic N) is 5. The van der Waals surface area contributed by atoms with Gasteiger partial charge in [-0.15, -0.1) is 11.3 Å². The lowest BCUT2D eigenvalue weighted by Gasteiger charge is -2.25. The van der Waals surface area contributed by atoms with Crippen molar-refractivity contribution in [3.8, 4) is 10.6 Å². The minimum atomic E-state index is -3.42. The molecule has 4 rings (SSSR count). The smallest absolute Gasteiger partial charge is 0.252 e. The van der Waals surface area contributed by atoms with E-state index in [1.54, 1.807) is 39.6 Å². The maximum absolute atomic E-state index is 12.8. The summed E-state index contributed by atoms with van der Waals surface area (Å²) in [6.45, 7) is 1.20. The summed E-state index contributed by atoms with van der Waals surface area (Å²) in [5.74, 6) is 1.21. The topological polar surface area (TPSA) is 93.0 Å². The quantitative estimate of drug-likeness (QED) is 0.703. The normalized spacial score (nSPS) is 15.7.